The lowest BCUT2D eigenvalue weighted by molar-refractivity contribution is -0.136. The van der Waals surface area contributed by atoms with Crippen molar-refractivity contribution < 1.29 is 9.90 Å². The number of carboxylic acid groups (broad SMARTS) is 1. The van der Waals surface area contributed by atoms with Gasteiger partial charge in [0.05, 0.1) is 18.1 Å². The number of carbonyl (C=O) groups is 1. The molecule has 0 aliphatic carbocycles. The topological polar surface area (TPSA) is 114 Å². The second-order valence-electron chi connectivity index (χ2n) is 9.10. The van der Waals surface area contributed by atoms with Gasteiger partial charge in [-0.2, -0.15) is 10.2 Å². The summed E-state index contributed by atoms with van der Waals surface area (Å²) < 4.78 is 0. The van der Waals surface area contributed by atoms with Gasteiger partial charge >= 0.3 is 5.97 Å². The Morgan fingerprint density at radius 2 is 2.06 bits per heavy atom. The highest BCUT2D eigenvalue weighted by Gasteiger charge is 2.25. The summed E-state index contributed by atoms with van der Waals surface area (Å²) in [4.78, 5) is 22.8. The minimum absolute atomic E-state index is 0.0372. The number of aliphatic carboxylic acids is 1. The lowest BCUT2D eigenvalue weighted by Gasteiger charge is -2.21. The summed E-state index contributed by atoms with van der Waals surface area (Å²) in [6, 6.07) is 17.7. The molecule has 1 saturated heterocycles. The second kappa shape index (κ2) is 11.5. The number of rotatable bonds is 10. The van der Waals surface area contributed by atoms with Gasteiger partial charge in [0, 0.05) is 42.3 Å². The van der Waals surface area contributed by atoms with Gasteiger partial charge < -0.3 is 20.6 Å². The molecule has 36 heavy (non-hydrogen) atoms. The number of nitrogens with one attached hydrogen (secondary N) is 2. The Morgan fingerprint density at radius 1 is 1.19 bits per heavy atom. The molecule has 1 aliphatic rings. The molecule has 0 spiro atoms. The first-order valence-electron chi connectivity index (χ1n) is 12.5. The van der Waals surface area contributed by atoms with Gasteiger partial charge in [-0.3, -0.25) is 4.79 Å². The summed E-state index contributed by atoms with van der Waals surface area (Å²) in [7, 11) is 0. The van der Waals surface area contributed by atoms with Gasteiger partial charge in [-0.15, -0.1) is 0 Å². The number of hydrogen-bond acceptors (Lipinski definition) is 7. The quantitative estimate of drug-likeness (QED) is 0.371. The molecular weight excluding hydrogens is 452 g/mol. The maximum Gasteiger partial charge on any atom is 0.307 e. The monoisotopic (exact) mass is 484 g/mol. The van der Waals surface area contributed by atoms with Gasteiger partial charge in [0.25, 0.3) is 0 Å². The predicted molar refractivity (Wildman–Crippen MR) is 142 cm³/mol. The van der Waals surface area contributed by atoms with Crippen LogP contribution in [0.1, 0.15) is 49.1 Å². The van der Waals surface area contributed by atoms with E-state index in [0.717, 1.165) is 72.8 Å². The van der Waals surface area contributed by atoms with E-state index in [4.69, 9.17) is 15.1 Å². The standard InChI is InChI=1S/C28H32N6O2/c1-3-6-22-16-26(33-28(31-22)32-23-8-5-7-20(14-23)17-29)34-12-11-24(18-34)30-25-10-9-19(15-27(35)36)13-21(25)4-2/h5,7-10,13-14,16,24,30H,3-4,6,11-12,15,18H2,1-2H3,(H,35,36)(H,31,32,33)/t24-/m0/s1. The molecule has 186 valence electrons. The molecule has 1 aromatic heterocycles. The number of nitriles is 1. The van der Waals surface area contributed by atoms with Crippen LogP contribution in [0.2, 0.25) is 0 Å². The van der Waals surface area contributed by atoms with Gasteiger partial charge in [0.1, 0.15) is 5.82 Å². The largest absolute Gasteiger partial charge is 0.481 e. The van der Waals surface area contributed by atoms with Gasteiger partial charge in [-0.05, 0) is 54.7 Å². The third kappa shape index (κ3) is 6.30. The van der Waals surface area contributed by atoms with E-state index >= 15 is 0 Å². The first-order valence-corrected chi connectivity index (χ1v) is 12.5. The van der Waals surface area contributed by atoms with Gasteiger partial charge in [-0.1, -0.05) is 38.5 Å². The predicted octanol–water partition coefficient (Wildman–Crippen LogP) is 4.92. The van der Waals surface area contributed by atoms with Crippen molar-refractivity contribution in [2.45, 2.75) is 52.0 Å². The molecule has 0 bridgehead atoms. The zero-order chi connectivity index (χ0) is 25.5. The van der Waals surface area contributed by atoms with E-state index in [1.165, 1.54) is 0 Å². The fourth-order valence-electron chi connectivity index (χ4n) is 4.55. The molecule has 2 heterocycles. The Labute approximate surface area is 212 Å². The number of hydrogen-bond donors (Lipinski definition) is 3. The molecule has 4 rings (SSSR count). The fourth-order valence-corrected chi connectivity index (χ4v) is 4.55. The molecule has 2 aromatic carbocycles. The maximum absolute atomic E-state index is 11.1. The van der Waals surface area contributed by atoms with Crippen LogP contribution >= 0.6 is 0 Å². The summed E-state index contributed by atoms with van der Waals surface area (Å²) in [6.45, 7) is 5.91. The first kappa shape index (κ1) is 25.0. The molecule has 0 saturated carbocycles. The van der Waals surface area contributed by atoms with E-state index in [1.54, 1.807) is 12.1 Å². The zero-order valence-electron chi connectivity index (χ0n) is 20.8. The van der Waals surface area contributed by atoms with Crippen LogP contribution in [0.5, 0.6) is 0 Å². The van der Waals surface area contributed by atoms with Crippen molar-refractivity contribution in [2.24, 2.45) is 0 Å². The van der Waals surface area contributed by atoms with Crippen molar-refractivity contribution in [3.63, 3.8) is 0 Å². The molecule has 1 fully saturated rings. The first-order chi connectivity index (χ1) is 17.5. The van der Waals surface area contributed by atoms with Crippen molar-refractivity contribution in [3.05, 3.63) is 70.9 Å². The molecule has 1 aliphatic heterocycles. The fraction of sp³-hybridized carbons (Fsp3) is 0.357. The van der Waals surface area contributed by atoms with Crippen LogP contribution in [-0.2, 0) is 24.1 Å². The van der Waals surface area contributed by atoms with Crippen LogP contribution < -0.4 is 15.5 Å². The van der Waals surface area contributed by atoms with Crippen molar-refractivity contribution >= 4 is 29.1 Å². The third-order valence-electron chi connectivity index (χ3n) is 6.30. The molecular formula is C28H32N6O2. The van der Waals surface area contributed by atoms with Crippen LogP contribution in [0.15, 0.2) is 48.5 Å². The van der Waals surface area contributed by atoms with Crippen LogP contribution in [0.3, 0.4) is 0 Å². The highest BCUT2D eigenvalue weighted by molar-refractivity contribution is 5.71. The van der Waals surface area contributed by atoms with E-state index in [0.29, 0.717) is 11.5 Å². The highest BCUT2D eigenvalue weighted by atomic mass is 16.4. The van der Waals surface area contributed by atoms with E-state index in [9.17, 15) is 10.1 Å². The summed E-state index contributed by atoms with van der Waals surface area (Å²) in [5, 5.41) is 25.2. The van der Waals surface area contributed by atoms with Gasteiger partial charge in [0.15, 0.2) is 0 Å². The van der Waals surface area contributed by atoms with Crippen LogP contribution in [0, 0.1) is 11.3 Å². The van der Waals surface area contributed by atoms with E-state index in [-0.39, 0.29) is 12.5 Å². The number of anilines is 4. The van der Waals surface area contributed by atoms with Crippen LogP contribution in [-0.4, -0.2) is 40.2 Å². The van der Waals surface area contributed by atoms with Crippen LogP contribution in [0.25, 0.3) is 0 Å². The molecule has 1 atom stereocenters. The molecule has 0 unspecified atom stereocenters. The molecule has 0 radical (unpaired) electrons. The summed E-state index contributed by atoms with van der Waals surface area (Å²) in [5.74, 6) is 0.608. The smallest absolute Gasteiger partial charge is 0.307 e. The van der Waals surface area contributed by atoms with Crippen molar-refractivity contribution in [3.8, 4) is 6.07 Å². The Hall–Kier alpha value is -4.12. The average molecular weight is 485 g/mol. The lowest BCUT2D eigenvalue weighted by Crippen LogP contribution is -2.27. The maximum atomic E-state index is 11.1. The van der Waals surface area contributed by atoms with Crippen molar-refractivity contribution in [1.82, 2.24) is 9.97 Å². The Balaban J connectivity index is 1.49. The number of aryl methyl sites for hydroxylation is 2. The van der Waals surface area contributed by atoms with Gasteiger partial charge in [-0.25, -0.2) is 4.98 Å². The average Bonchev–Trinajstić information content (AvgIpc) is 3.33. The number of nitrogens with zero attached hydrogens (tertiary/aromatic N) is 4. The summed E-state index contributed by atoms with van der Waals surface area (Å²) >= 11 is 0. The Morgan fingerprint density at radius 3 is 2.81 bits per heavy atom. The Bertz CT molecular complexity index is 1270. The zero-order valence-corrected chi connectivity index (χ0v) is 20.8. The number of benzene rings is 2. The molecule has 8 nitrogen and oxygen atoms in total. The SMILES string of the molecule is CCCc1cc(N2CC[C@H](Nc3ccc(CC(=O)O)cc3CC)C2)nc(Nc2cccc(C#N)c2)n1. The summed E-state index contributed by atoms with van der Waals surface area (Å²) in [5.41, 5.74) is 5.37. The molecule has 8 heteroatoms. The van der Waals surface area contributed by atoms with E-state index in [1.807, 2.05) is 30.3 Å². The summed E-state index contributed by atoms with van der Waals surface area (Å²) in [6.07, 6.45) is 3.69. The van der Waals surface area contributed by atoms with Gasteiger partial charge in [0.2, 0.25) is 5.95 Å². The minimum Gasteiger partial charge on any atom is -0.481 e. The minimum atomic E-state index is -0.817. The normalized spacial score (nSPS) is 14.9. The van der Waals surface area contributed by atoms with E-state index in [2.05, 4.69) is 41.5 Å². The molecule has 0 amide bonds. The third-order valence-corrected chi connectivity index (χ3v) is 6.30. The van der Waals surface area contributed by atoms with Crippen LogP contribution in [0.4, 0.5) is 23.1 Å². The second-order valence-corrected chi connectivity index (χ2v) is 9.10. The number of aromatic nitrogens is 2. The molecule has 3 N–H and O–H groups in total. The lowest BCUT2D eigenvalue weighted by atomic mass is 10.0. The Kier molecular flexibility index (Phi) is 8.01. The van der Waals surface area contributed by atoms with Crippen molar-refractivity contribution in [1.29, 1.82) is 5.26 Å². The number of carboxylic acids is 1. The highest BCUT2D eigenvalue weighted by Crippen LogP contribution is 2.26. The molecule has 3 aromatic rings. The van der Waals surface area contributed by atoms with E-state index < -0.39 is 5.97 Å². The van der Waals surface area contributed by atoms with Crippen molar-refractivity contribution in [2.75, 3.05) is 28.6 Å².